The van der Waals surface area contributed by atoms with Crippen molar-refractivity contribution in [3.05, 3.63) is 59.7 Å². The molecule has 0 bridgehead atoms. The van der Waals surface area contributed by atoms with Gasteiger partial charge in [0.15, 0.2) is 6.61 Å². The van der Waals surface area contributed by atoms with Crippen molar-refractivity contribution < 1.29 is 24.5 Å². The second-order valence-electron chi connectivity index (χ2n) is 5.22. The van der Waals surface area contributed by atoms with E-state index in [-0.39, 0.29) is 29.5 Å². The SMILES string of the molecule is C=C(OC)c1cccc(OCC(=O)c2cc(CC)c(O)cc2O)c1. The van der Waals surface area contributed by atoms with E-state index in [1.807, 2.05) is 13.0 Å². The van der Waals surface area contributed by atoms with E-state index >= 15 is 0 Å². The van der Waals surface area contributed by atoms with Crippen LogP contribution in [0.25, 0.3) is 5.76 Å². The first-order valence-corrected chi connectivity index (χ1v) is 7.50. The van der Waals surface area contributed by atoms with Gasteiger partial charge in [0.25, 0.3) is 0 Å². The number of aryl methyl sites for hydroxylation is 1. The molecule has 0 fully saturated rings. The van der Waals surface area contributed by atoms with E-state index in [9.17, 15) is 15.0 Å². The number of hydrogen-bond acceptors (Lipinski definition) is 5. The van der Waals surface area contributed by atoms with Gasteiger partial charge in [0.1, 0.15) is 23.0 Å². The van der Waals surface area contributed by atoms with Crippen LogP contribution in [0, 0.1) is 0 Å². The Morgan fingerprint density at radius 3 is 2.58 bits per heavy atom. The first-order valence-electron chi connectivity index (χ1n) is 7.50. The van der Waals surface area contributed by atoms with E-state index in [4.69, 9.17) is 9.47 Å². The Kier molecular flexibility index (Phi) is 5.47. The Morgan fingerprint density at radius 2 is 1.92 bits per heavy atom. The van der Waals surface area contributed by atoms with Crippen LogP contribution in [0.15, 0.2) is 43.0 Å². The van der Waals surface area contributed by atoms with Crippen molar-refractivity contribution in [3.63, 3.8) is 0 Å². The zero-order valence-electron chi connectivity index (χ0n) is 13.7. The van der Waals surface area contributed by atoms with E-state index in [0.29, 0.717) is 23.5 Å². The lowest BCUT2D eigenvalue weighted by atomic mass is 10.0. The number of ketones is 1. The molecule has 24 heavy (non-hydrogen) atoms. The topological polar surface area (TPSA) is 76.0 Å². The molecule has 0 saturated carbocycles. The van der Waals surface area contributed by atoms with Crippen LogP contribution < -0.4 is 4.74 Å². The summed E-state index contributed by atoms with van der Waals surface area (Å²) in [6.45, 7) is 5.39. The normalized spacial score (nSPS) is 10.2. The molecule has 0 radical (unpaired) electrons. The highest BCUT2D eigenvalue weighted by atomic mass is 16.5. The number of benzene rings is 2. The molecular formula is C19H20O5. The van der Waals surface area contributed by atoms with Crippen LogP contribution in [-0.2, 0) is 11.2 Å². The number of hydrogen-bond donors (Lipinski definition) is 2. The zero-order valence-corrected chi connectivity index (χ0v) is 13.7. The number of carbonyl (C=O) groups excluding carboxylic acids is 1. The molecule has 0 spiro atoms. The van der Waals surface area contributed by atoms with E-state index in [1.165, 1.54) is 19.2 Å². The summed E-state index contributed by atoms with van der Waals surface area (Å²) in [6.07, 6.45) is 0.550. The maximum atomic E-state index is 12.3. The lowest BCUT2D eigenvalue weighted by molar-refractivity contribution is 0.0918. The number of aromatic hydroxyl groups is 2. The number of rotatable bonds is 7. The van der Waals surface area contributed by atoms with Crippen LogP contribution in [0.1, 0.15) is 28.4 Å². The molecule has 2 N–H and O–H groups in total. The minimum atomic E-state index is -0.377. The number of phenols is 2. The van der Waals surface area contributed by atoms with Gasteiger partial charge in [-0.25, -0.2) is 0 Å². The molecule has 0 heterocycles. The van der Waals surface area contributed by atoms with Crippen LogP contribution in [0.3, 0.4) is 0 Å². The number of Topliss-reactive ketones (excluding diaryl/α,β-unsaturated/α-hetero) is 1. The second kappa shape index (κ2) is 7.55. The van der Waals surface area contributed by atoms with Crippen LogP contribution in [-0.4, -0.2) is 29.7 Å². The van der Waals surface area contributed by atoms with Crippen LogP contribution >= 0.6 is 0 Å². The maximum Gasteiger partial charge on any atom is 0.203 e. The molecule has 0 unspecified atom stereocenters. The fraction of sp³-hybridized carbons (Fsp3) is 0.211. The Balaban J connectivity index is 2.13. The van der Waals surface area contributed by atoms with Gasteiger partial charge in [-0.15, -0.1) is 0 Å². The van der Waals surface area contributed by atoms with Gasteiger partial charge in [0.2, 0.25) is 5.78 Å². The smallest absolute Gasteiger partial charge is 0.203 e. The first kappa shape index (κ1) is 17.4. The number of phenolic OH excluding ortho intramolecular Hbond substituents is 2. The van der Waals surface area contributed by atoms with E-state index in [2.05, 4.69) is 6.58 Å². The summed E-state index contributed by atoms with van der Waals surface area (Å²) in [7, 11) is 1.53. The third-order valence-corrected chi connectivity index (χ3v) is 3.65. The lowest BCUT2D eigenvalue weighted by Crippen LogP contribution is -2.12. The molecule has 0 saturated heterocycles. The minimum absolute atomic E-state index is 0.0294. The monoisotopic (exact) mass is 328 g/mol. The fourth-order valence-electron chi connectivity index (χ4n) is 2.23. The lowest BCUT2D eigenvalue weighted by Gasteiger charge is -2.11. The van der Waals surface area contributed by atoms with Crippen LogP contribution in [0.4, 0.5) is 0 Å². The predicted octanol–water partition coefficient (Wildman–Crippen LogP) is 3.54. The van der Waals surface area contributed by atoms with Crippen molar-refractivity contribution in [1.29, 1.82) is 0 Å². The first-order chi connectivity index (χ1) is 11.5. The highest BCUT2D eigenvalue weighted by Crippen LogP contribution is 2.28. The summed E-state index contributed by atoms with van der Waals surface area (Å²) in [5.41, 5.74) is 1.47. The van der Waals surface area contributed by atoms with Crippen molar-refractivity contribution >= 4 is 11.5 Å². The van der Waals surface area contributed by atoms with Gasteiger partial charge in [0, 0.05) is 11.6 Å². The van der Waals surface area contributed by atoms with Crippen molar-refractivity contribution in [2.75, 3.05) is 13.7 Å². The molecule has 2 aromatic rings. The predicted molar refractivity (Wildman–Crippen MR) is 91.5 cm³/mol. The number of carbonyl (C=O) groups is 1. The molecule has 5 heteroatoms. The van der Waals surface area contributed by atoms with Crippen LogP contribution in [0.2, 0.25) is 0 Å². The molecule has 0 aliphatic carbocycles. The quantitative estimate of drug-likeness (QED) is 0.600. The van der Waals surface area contributed by atoms with E-state index in [0.717, 1.165) is 5.56 Å². The highest BCUT2D eigenvalue weighted by molar-refractivity contribution is 6.00. The number of ether oxygens (including phenoxy) is 2. The average Bonchev–Trinajstić information content (AvgIpc) is 2.59. The largest absolute Gasteiger partial charge is 0.508 e. The Labute approximate surface area is 140 Å². The fourth-order valence-corrected chi connectivity index (χ4v) is 2.23. The molecule has 126 valence electrons. The average molecular weight is 328 g/mol. The molecular weight excluding hydrogens is 308 g/mol. The third kappa shape index (κ3) is 3.87. The Hall–Kier alpha value is -2.95. The van der Waals surface area contributed by atoms with Crippen molar-refractivity contribution in [2.24, 2.45) is 0 Å². The summed E-state index contributed by atoms with van der Waals surface area (Å²) >= 11 is 0. The summed E-state index contributed by atoms with van der Waals surface area (Å²) in [4.78, 5) is 12.3. The Morgan fingerprint density at radius 1 is 1.17 bits per heavy atom. The van der Waals surface area contributed by atoms with Gasteiger partial charge in [-0.2, -0.15) is 0 Å². The molecule has 0 amide bonds. The van der Waals surface area contributed by atoms with Crippen molar-refractivity contribution in [2.45, 2.75) is 13.3 Å². The molecule has 5 nitrogen and oxygen atoms in total. The minimum Gasteiger partial charge on any atom is -0.508 e. The zero-order chi connectivity index (χ0) is 17.7. The van der Waals surface area contributed by atoms with Crippen molar-refractivity contribution in [3.8, 4) is 17.2 Å². The molecule has 2 rings (SSSR count). The summed E-state index contributed by atoms with van der Waals surface area (Å²) in [5, 5.41) is 19.6. The highest BCUT2D eigenvalue weighted by Gasteiger charge is 2.15. The summed E-state index contributed by atoms with van der Waals surface area (Å²) in [5.74, 6) is 0.319. The van der Waals surface area contributed by atoms with Gasteiger partial charge in [-0.3, -0.25) is 4.79 Å². The molecule has 0 atom stereocenters. The summed E-state index contributed by atoms with van der Waals surface area (Å²) in [6, 6.07) is 9.68. The standard InChI is InChI=1S/C19H20O5/c1-4-13-9-16(18(21)10-17(13)20)19(22)11-24-15-7-5-6-14(8-15)12(2)23-3/h5-10,20-21H,2,4,11H2,1,3H3. The van der Waals surface area contributed by atoms with Crippen LogP contribution in [0.5, 0.6) is 17.2 Å². The third-order valence-electron chi connectivity index (χ3n) is 3.65. The van der Waals surface area contributed by atoms with E-state index < -0.39 is 0 Å². The van der Waals surface area contributed by atoms with Gasteiger partial charge in [0.05, 0.1) is 12.7 Å². The maximum absolute atomic E-state index is 12.3. The van der Waals surface area contributed by atoms with Gasteiger partial charge < -0.3 is 19.7 Å². The van der Waals surface area contributed by atoms with E-state index in [1.54, 1.807) is 18.2 Å². The van der Waals surface area contributed by atoms with Gasteiger partial charge >= 0.3 is 0 Å². The van der Waals surface area contributed by atoms with Gasteiger partial charge in [-0.1, -0.05) is 25.6 Å². The Bertz CT molecular complexity index is 764. The van der Waals surface area contributed by atoms with Crippen molar-refractivity contribution in [1.82, 2.24) is 0 Å². The summed E-state index contributed by atoms with van der Waals surface area (Å²) < 4.78 is 10.6. The molecule has 2 aromatic carbocycles. The van der Waals surface area contributed by atoms with Gasteiger partial charge in [-0.05, 0) is 30.2 Å². The molecule has 0 aromatic heterocycles. The number of methoxy groups -OCH3 is 1. The molecule has 0 aliphatic heterocycles. The molecule has 0 aliphatic rings. The second-order valence-corrected chi connectivity index (χ2v) is 5.22.